The van der Waals surface area contributed by atoms with Gasteiger partial charge in [0.15, 0.2) is 0 Å². The second kappa shape index (κ2) is 3.50. The highest BCUT2D eigenvalue weighted by Gasteiger charge is 2.36. The summed E-state index contributed by atoms with van der Waals surface area (Å²) in [7, 11) is 0. The molecule has 2 heterocycles. The van der Waals surface area contributed by atoms with Crippen molar-refractivity contribution in [1.29, 1.82) is 0 Å². The Kier molecular flexibility index (Phi) is 2.51. The van der Waals surface area contributed by atoms with Crippen molar-refractivity contribution in [3.8, 4) is 0 Å². The van der Waals surface area contributed by atoms with Crippen molar-refractivity contribution in [3.05, 3.63) is 0 Å². The summed E-state index contributed by atoms with van der Waals surface area (Å²) < 4.78 is 25.9. The molecule has 0 amide bonds. The van der Waals surface area contributed by atoms with E-state index in [0.29, 0.717) is 12.3 Å². The van der Waals surface area contributed by atoms with Crippen LogP contribution in [0.2, 0.25) is 0 Å². The van der Waals surface area contributed by atoms with Gasteiger partial charge >= 0.3 is 0 Å². The van der Waals surface area contributed by atoms with Crippen molar-refractivity contribution >= 4 is 0 Å². The van der Waals surface area contributed by atoms with Crippen LogP contribution in [0, 0.1) is 5.92 Å². The highest BCUT2D eigenvalue weighted by atomic mass is 19.3. The summed E-state index contributed by atoms with van der Waals surface area (Å²) >= 11 is 0. The van der Waals surface area contributed by atoms with Gasteiger partial charge < -0.3 is 5.32 Å². The molecular formula is C9H16F2N2. The van der Waals surface area contributed by atoms with E-state index in [2.05, 4.69) is 5.32 Å². The number of hydrogen-bond donors (Lipinski definition) is 1. The van der Waals surface area contributed by atoms with Gasteiger partial charge in [-0.1, -0.05) is 0 Å². The zero-order valence-electron chi connectivity index (χ0n) is 7.73. The summed E-state index contributed by atoms with van der Waals surface area (Å²) in [5, 5.41) is 3.16. The van der Waals surface area contributed by atoms with Gasteiger partial charge in [-0.05, 0) is 18.9 Å². The van der Waals surface area contributed by atoms with Gasteiger partial charge in [-0.25, -0.2) is 8.78 Å². The number of likely N-dealkylation sites (tertiary alicyclic amines) is 1. The van der Waals surface area contributed by atoms with Crippen LogP contribution in [0.1, 0.15) is 12.8 Å². The van der Waals surface area contributed by atoms with Gasteiger partial charge in [0.1, 0.15) is 0 Å². The summed E-state index contributed by atoms with van der Waals surface area (Å²) in [5.74, 6) is -1.83. The first-order valence-corrected chi connectivity index (χ1v) is 4.97. The Morgan fingerprint density at radius 3 is 2.69 bits per heavy atom. The largest absolute Gasteiger partial charge is 0.316 e. The van der Waals surface area contributed by atoms with E-state index < -0.39 is 5.92 Å². The van der Waals surface area contributed by atoms with Crippen molar-refractivity contribution in [3.63, 3.8) is 0 Å². The number of rotatable bonds is 2. The first-order chi connectivity index (χ1) is 6.16. The highest BCUT2D eigenvalue weighted by molar-refractivity contribution is 4.83. The van der Waals surface area contributed by atoms with E-state index in [-0.39, 0.29) is 13.0 Å². The molecular weight excluding hydrogens is 174 g/mol. The van der Waals surface area contributed by atoms with Gasteiger partial charge in [0.05, 0.1) is 6.54 Å². The first kappa shape index (κ1) is 9.34. The summed E-state index contributed by atoms with van der Waals surface area (Å²) in [5.41, 5.74) is 0. The Labute approximate surface area is 77.3 Å². The van der Waals surface area contributed by atoms with Gasteiger partial charge in [-0.2, -0.15) is 0 Å². The van der Waals surface area contributed by atoms with E-state index in [1.165, 1.54) is 0 Å². The lowest BCUT2D eigenvalue weighted by Crippen LogP contribution is -2.52. The van der Waals surface area contributed by atoms with E-state index in [0.717, 1.165) is 26.2 Å². The third-order valence-corrected chi connectivity index (χ3v) is 2.85. The highest BCUT2D eigenvalue weighted by Crippen LogP contribution is 2.27. The molecule has 2 rings (SSSR count). The van der Waals surface area contributed by atoms with Gasteiger partial charge in [-0.15, -0.1) is 0 Å². The first-order valence-electron chi connectivity index (χ1n) is 4.97. The number of hydrogen-bond acceptors (Lipinski definition) is 2. The van der Waals surface area contributed by atoms with Crippen molar-refractivity contribution in [2.45, 2.75) is 18.8 Å². The number of nitrogens with zero attached hydrogens (tertiary/aromatic N) is 1. The molecule has 13 heavy (non-hydrogen) atoms. The van der Waals surface area contributed by atoms with Crippen LogP contribution in [0.4, 0.5) is 8.78 Å². The predicted octanol–water partition coefficient (Wildman–Crippen LogP) is 0.937. The maximum atomic E-state index is 13.0. The zero-order valence-corrected chi connectivity index (χ0v) is 7.73. The van der Waals surface area contributed by atoms with Crippen LogP contribution >= 0.6 is 0 Å². The molecule has 2 aliphatic rings. The molecule has 0 radical (unpaired) electrons. The summed E-state index contributed by atoms with van der Waals surface area (Å²) in [6.45, 7) is 3.68. The Hall–Kier alpha value is -0.220. The van der Waals surface area contributed by atoms with Crippen molar-refractivity contribution in [2.75, 3.05) is 32.7 Å². The van der Waals surface area contributed by atoms with E-state index >= 15 is 0 Å². The van der Waals surface area contributed by atoms with Crippen LogP contribution < -0.4 is 5.32 Å². The van der Waals surface area contributed by atoms with Gasteiger partial charge in [0, 0.05) is 26.1 Å². The molecule has 0 aromatic carbocycles. The summed E-state index contributed by atoms with van der Waals surface area (Å²) in [6, 6.07) is 0. The molecule has 0 aliphatic carbocycles. The van der Waals surface area contributed by atoms with Gasteiger partial charge in [0.2, 0.25) is 0 Å². The third-order valence-electron chi connectivity index (χ3n) is 2.85. The molecule has 0 spiro atoms. The van der Waals surface area contributed by atoms with Crippen molar-refractivity contribution in [1.82, 2.24) is 10.2 Å². The average Bonchev–Trinajstić information content (AvgIpc) is 1.95. The molecule has 0 saturated carbocycles. The standard InChI is InChI=1S/C9H16F2N2/c10-9(11)2-1-3-13(7-9)6-8-4-12-5-8/h8,12H,1-7H2. The van der Waals surface area contributed by atoms with Crippen LogP contribution in [0.15, 0.2) is 0 Å². The number of halogens is 2. The zero-order chi connectivity index (χ0) is 9.31. The Balaban J connectivity index is 1.78. The number of piperidine rings is 1. The Bertz CT molecular complexity index is 180. The lowest BCUT2D eigenvalue weighted by atomic mass is 10.0. The number of nitrogens with one attached hydrogen (secondary N) is 1. The quantitative estimate of drug-likeness (QED) is 0.697. The molecule has 2 aliphatic heterocycles. The second-order valence-electron chi connectivity index (χ2n) is 4.22. The molecule has 1 N–H and O–H groups in total. The number of alkyl halides is 2. The fourth-order valence-electron chi connectivity index (χ4n) is 2.05. The molecule has 0 aromatic heterocycles. The third kappa shape index (κ3) is 2.38. The minimum atomic E-state index is -2.44. The fourth-order valence-corrected chi connectivity index (χ4v) is 2.05. The van der Waals surface area contributed by atoms with Gasteiger partial charge in [-0.3, -0.25) is 4.90 Å². The molecule has 0 atom stereocenters. The minimum absolute atomic E-state index is 0.0243. The van der Waals surface area contributed by atoms with Crippen LogP contribution in [0.5, 0.6) is 0 Å². The summed E-state index contributed by atoms with van der Waals surface area (Å²) in [6.07, 6.45) is 0.722. The maximum Gasteiger partial charge on any atom is 0.260 e. The molecule has 0 aromatic rings. The maximum absolute atomic E-state index is 13.0. The van der Waals surface area contributed by atoms with Crippen molar-refractivity contribution < 1.29 is 8.78 Å². The molecule has 0 bridgehead atoms. The monoisotopic (exact) mass is 190 g/mol. The molecule has 2 saturated heterocycles. The Morgan fingerprint density at radius 2 is 2.15 bits per heavy atom. The average molecular weight is 190 g/mol. The van der Waals surface area contributed by atoms with Crippen LogP contribution in [-0.2, 0) is 0 Å². The van der Waals surface area contributed by atoms with E-state index in [1.54, 1.807) is 0 Å². The van der Waals surface area contributed by atoms with Crippen LogP contribution in [-0.4, -0.2) is 43.5 Å². The minimum Gasteiger partial charge on any atom is -0.316 e. The smallest absolute Gasteiger partial charge is 0.260 e. The lowest BCUT2D eigenvalue weighted by Gasteiger charge is -2.37. The van der Waals surface area contributed by atoms with Crippen LogP contribution in [0.3, 0.4) is 0 Å². The summed E-state index contributed by atoms with van der Waals surface area (Å²) in [4.78, 5) is 1.91. The SMILES string of the molecule is FC1(F)CCCN(CC2CNC2)C1. The van der Waals surface area contributed by atoms with Gasteiger partial charge in [0.25, 0.3) is 5.92 Å². The Morgan fingerprint density at radius 1 is 1.38 bits per heavy atom. The van der Waals surface area contributed by atoms with E-state index in [1.807, 2.05) is 4.90 Å². The molecule has 76 valence electrons. The van der Waals surface area contributed by atoms with Crippen LogP contribution in [0.25, 0.3) is 0 Å². The second-order valence-corrected chi connectivity index (χ2v) is 4.22. The van der Waals surface area contributed by atoms with E-state index in [4.69, 9.17) is 0 Å². The normalized spacial score (nSPS) is 30.0. The predicted molar refractivity (Wildman–Crippen MR) is 47.0 cm³/mol. The topological polar surface area (TPSA) is 15.3 Å². The molecule has 2 nitrogen and oxygen atoms in total. The molecule has 4 heteroatoms. The molecule has 0 unspecified atom stereocenters. The molecule has 2 fully saturated rings. The van der Waals surface area contributed by atoms with E-state index in [9.17, 15) is 8.78 Å². The fraction of sp³-hybridized carbons (Fsp3) is 1.00. The lowest BCUT2D eigenvalue weighted by molar-refractivity contribution is -0.0683. The van der Waals surface area contributed by atoms with Crippen molar-refractivity contribution in [2.24, 2.45) is 5.92 Å².